The van der Waals surface area contributed by atoms with Crippen LogP contribution in [0.1, 0.15) is 0 Å². The van der Waals surface area contributed by atoms with E-state index in [9.17, 15) is 4.79 Å². The maximum Gasteiger partial charge on any atom is 0.407 e. The molecule has 2 heterocycles. The van der Waals surface area contributed by atoms with E-state index in [4.69, 9.17) is 39.9 Å². The Morgan fingerprint density at radius 1 is 1.17 bits per heavy atom. The van der Waals surface area contributed by atoms with E-state index in [0.717, 1.165) is 0 Å². The zero-order valence-electron chi connectivity index (χ0n) is 9.24. The number of anilines is 1. The van der Waals surface area contributed by atoms with Gasteiger partial charge in [-0.3, -0.25) is 0 Å². The van der Waals surface area contributed by atoms with E-state index in [1.165, 1.54) is 11.0 Å². The highest BCUT2D eigenvalue weighted by molar-refractivity contribution is 6.42. The Kier molecular flexibility index (Phi) is 4.04. The van der Waals surface area contributed by atoms with Crippen LogP contribution >= 0.6 is 34.8 Å². The van der Waals surface area contributed by atoms with Crippen LogP contribution in [0.15, 0.2) is 6.07 Å². The topological polar surface area (TPSA) is 56.7 Å². The molecule has 98 valence electrons. The summed E-state index contributed by atoms with van der Waals surface area (Å²) >= 11 is 17.7. The third kappa shape index (κ3) is 2.74. The monoisotopic (exact) mass is 309 g/mol. The quantitative estimate of drug-likeness (QED) is 0.810. The minimum absolute atomic E-state index is 0.191. The van der Waals surface area contributed by atoms with Crippen LogP contribution in [0.5, 0.6) is 0 Å². The van der Waals surface area contributed by atoms with Gasteiger partial charge in [-0.1, -0.05) is 34.8 Å². The fourth-order valence-corrected chi connectivity index (χ4v) is 2.38. The van der Waals surface area contributed by atoms with E-state index >= 15 is 0 Å². The van der Waals surface area contributed by atoms with E-state index in [2.05, 4.69) is 4.98 Å². The van der Waals surface area contributed by atoms with Crippen molar-refractivity contribution < 1.29 is 9.90 Å². The van der Waals surface area contributed by atoms with E-state index < -0.39 is 6.09 Å². The molecule has 0 unspecified atom stereocenters. The molecule has 1 aliphatic rings. The van der Waals surface area contributed by atoms with Crippen LogP contribution in [0.25, 0.3) is 0 Å². The molecule has 0 saturated carbocycles. The number of carbonyl (C=O) groups is 1. The molecule has 0 atom stereocenters. The number of pyridine rings is 1. The SMILES string of the molecule is O=C(O)N1CCN(c2nc(Cl)c(Cl)cc2Cl)CC1. The minimum Gasteiger partial charge on any atom is -0.465 e. The second-order valence-electron chi connectivity index (χ2n) is 3.82. The molecule has 1 amide bonds. The lowest BCUT2D eigenvalue weighted by Gasteiger charge is -2.34. The lowest BCUT2D eigenvalue weighted by atomic mass is 10.3. The first-order chi connectivity index (χ1) is 8.49. The first-order valence-corrected chi connectivity index (χ1v) is 6.37. The predicted molar refractivity (Wildman–Crippen MR) is 71.1 cm³/mol. The second kappa shape index (κ2) is 5.38. The van der Waals surface area contributed by atoms with Gasteiger partial charge < -0.3 is 14.9 Å². The zero-order valence-corrected chi connectivity index (χ0v) is 11.5. The van der Waals surface area contributed by atoms with Crippen molar-refractivity contribution in [3.63, 3.8) is 0 Å². The maximum atomic E-state index is 10.8. The van der Waals surface area contributed by atoms with Gasteiger partial charge in [0.15, 0.2) is 0 Å². The summed E-state index contributed by atoms with van der Waals surface area (Å²) in [6.45, 7) is 1.87. The van der Waals surface area contributed by atoms with Crippen LogP contribution in [0.4, 0.5) is 10.6 Å². The number of rotatable bonds is 1. The number of carboxylic acid groups (broad SMARTS) is 1. The molecule has 0 aromatic carbocycles. The van der Waals surface area contributed by atoms with Crippen molar-refractivity contribution >= 4 is 46.7 Å². The van der Waals surface area contributed by atoms with Crippen LogP contribution in [0.2, 0.25) is 15.2 Å². The molecule has 5 nitrogen and oxygen atoms in total. The van der Waals surface area contributed by atoms with Gasteiger partial charge in [0.2, 0.25) is 0 Å². The lowest BCUT2D eigenvalue weighted by Crippen LogP contribution is -2.48. The van der Waals surface area contributed by atoms with Gasteiger partial charge in [0.1, 0.15) is 11.0 Å². The third-order valence-corrected chi connectivity index (χ3v) is 3.67. The number of nitrogens with zero attached hydrogens (tertiary/aromatic N) is 3. The molecule has 1 aromatic rings. The number of piperazine rings is 1. The first-order valence-electron chi connectivity index (χ1n) is 5.23. The normalized spacial score (nSPS) is 15.9. The zero-order chi connectivity index (χ0) is 13.3. The Labute approximate surface area is 119 Å². The number of amides is 1. The highest BCUT2D eigenvalue weighted by Crippen LogP contribution is 2.31. The van der Waals surface area contributed by atoms with E-state index in [1.807, 2.05) is 4.90 Å². The van der Waals surface area contributed by atoms with Crippen molar-refractivity contribution in [2.75, 3.05) is 31.1 Å². The predicted octanol–water partition coefficient (Wildman–Crippen LogP) is 2.84. The molecule has 1 N–H and O–H groups in total. The van der Waals surface area contributed by atoms with Gasteiger partial charge in [-0.2, -0.15) is 0 Å². The lowest BCUT2D eigenvalue weighted by molar-refractivity contribution is 0.142. The molecule has 0 aliphatic carbocycles. The molecular formula is C10H10Cl3N3O2. The van der Waals surface area contributed by atoms with Crippen molar-refractivity contribution in [3.8, 4) is 0 Å². The number of hydrogen-bond donors (Lipinski definition) is 1. The Morgan fingerprint density at radius 2 is 1.78 bits per heavy atom. The molecule has 8 heteroatoms. The van der Waals surface area contributed by atoms with Crippen molar-refractivity contribution in [1.29, 1.82) is 0 Å². The Morgan fingerprint density at radius 3 is 2.33 bits per heavy atom. The van der Waals surface area contributed by atoms with Gasteiger partial charge in [-0.25, -0.2) is 9.78 Å². The fourth-order valence-electron chi connectivity index (χ4n) is 1.77. The van der Waals surface area contributed by atoms with Crippen molar-refractivity contribution in [1.82, 2.24) is 9.88 Å². The van der Waals surface area contributed by atoms with Crippen LogP contribution < -0.4 is 4.90 Å². The summed E-state index contributed by atoms with van der Waals surface area (Å²) in [7, 11) is 0. The van der Waals surface area contributed by atoms with E-state index in [-0.39, 0.29) is 5.15 Å². The molecule has 1 saturated heterocycles. The van der Waals surface area contributed by atoms with Crippen LogP contribution in [-0.2, 0) is 0 Å². The van der Waals surface area contributed by atoms with Gasteiger partial charge in [0.25, 0.3) is 0 Å². The summed E-state index contributed by atoms with van der Waals surface area (Å²) in [6, 6.07) is 1.54. The molecule has 2 rings (SSSR count). The van der Waals surface area contributed by atoms with Gasteiger partial charge in [0, 0.05) is 26.2 Å². The molecular weight excluding hydrogens is 300 g/mol. The smallest absolute Gasteiger partial charge is 0.407 e. The number of aromatic nitrogens is 1. The Balaban J connectivity index is 2.15. The summed E-state index contributed by atoms with van der Waals surface area (Å²) in [5.74, 6) is 0.538. The molecule has 1 fully saturated rings. The van der Waals surface area contributed by atoms with Crippen molar-refractivity contribution in [2.45, 2.75) is 0 Å². The minimum atomic E-state index is -0.914. The number of halogens is 3. The summed E-state index contributed by atoms with van der Waals surface area (Å²) in [4.78, 5) is 18.2. The van der Waals surface area contributed by atoms with Crippen LogP contribution in [-0.4, -0.2) is 47.3 Å². The van der Waals surface area contributed by atoms with Gasteiger partial charge >= 0.3 is 6.09 Å². The highest BCUT2D eigenvalue weighted by atomic mass is 35.5. The second-order valence-corrected chi connectivity index (χ2v) is 5.00. The third-order valence-electron chi connectivity index (χ3n) is 2.72. The molecule has 1 aromatic heterocycles. The van der Waals surface area contributed by atoms with Crippen molar-refractivity contribution in [2.24, 2.45) is 0 Å². The van der Waals surface area contributed by atoms with Crippen molar-refractivity contribution in [3.05, 3.63) is 21.3 Å². The summed E-state index contributed by atoms with van der Waals surface area (Å²) < 4.78 is 0. The average molecular weight is 311 g/mol. The fraction of sp³-hybridized carbons (Fsp3) is 0.400. The van der Waals surface area contributed by atoms with Gasteiger partial charge in [-0.05, 0) is 6.07 Å². The van der Waals surface area contributed by atoms with E-state index in [1.54, 1.807) is 0 Å². The molecule has 0 radical (unpaired) electrons. The van der Waals surface area contributed by atoms with Gasteiger partial charge in [0.05, 0.1) is 10.0 Å². The van der Waals surface area contributed by atoms with Crippen LogP contribution in [0.3, 0.4) is 0 Å². The molecule has 1 aliphatic heterocycles. The summed E-state index contributed by atoms with van der Waals surface area (Å²) in [6.07, 6.45) is -0.914. The largest absolute Gasteiger partial charge is 0.465 e. The molecule has 0 spiro atoms. The first kappa shape index (κ1) is 13.5. The molecule has 0 bridgehead atoms. The maximum absolute atomic E-state index is 10.8. The van der Waals surface area contributed by atoms with Crippen LogP contribution in [0, 0.1) is 0 Å². The van der Waals surface area contributed by atoms with E-state index in [0.29, 0.717) is 42.0 Å². The standard InChI is InChI=1S/C10H10Cl3N3O2/c11-6-5-7(12)9(14-8(6)13)15-1-3-16(4-2-15)10(17)18/h5H,1-4H2,(H,17,18). The highest BCUT2D eigenvalue weighted by Gasteiger charge is 2.23. The number of hydrogen-bond acceptors (Lipinski definition) is 3. The Bertz CT molecular complexity index is 476. The summed E-state index contributed by atoms with van der Waals surface area (Å²) in [5, 5.41) is 9.76. The summed E-state index contributed by atoms with van der Waals surface area (Å²) in [5.41, 5.74) is 0. The van der Waals surface area contributed by atoms with Gasteiger partial charge in [-0.15, -0.1) is 0 Å². The molecule has 18 heavy (non-hydrogen) atoms. The Hall–Kier alpha value is -0.910. The average Bonchev–Trinajstić information content (AvgIpc) is 2.34.